The lowest BCUT2D eigenvalue weighted by atomic mass is 10.1. The second kappa shape index (κ2) is 9.76. The number of methoxy groups -OCH3 is 1. The van der Waals surface area contributed by atoms with E-state index in [1.54, 1.807) is 24.3 Å². The largest absolute Gasteiger partial charge is 0.493 e. The van der Waals surface area contributed by atoms with E-state index in [9.17, 15) is 9.59 Å². The summed E-state index contributed by atoms with van der Waals surface area (Å²) in [5, 5.41) is 2.62. The molecular weight excluding hydrogens is 548 g/mol. The molecule has 1 N–H and O–H groups in total. The van der Waals surface area contributed by atoms with Crippen LogP contribution >= 0.6 is 44.1 Å². The minimum absolute atomic E-state index is 0.0320. The molecule has 9 heteroatoms. The second-order valence-corrected chi connectivity index (χ2v) is 8.68. The summed E-state index contributed by atoms with van der Waals surface area (Å²) in [6.07, 6.45) is 3.11. The van der Waals surface area contributed by atoms with E-state index in [0.717, 1.165) is 10.0 Å². The smallest absolute Gasteiger partial charge is 0.270 e. The van der Waals surface area contributed by atoms with Crippen LogP contribution in [-0.2, 0) is 9.59 Å². The van der Waals surface area contributed by atoms with Crippen molar-refractivity contribution in [3.63, 3.8) is 0 Å². The number of carbonyl (C=O) groups is 2. The number of thiocarbonyl (C=S) groups is 1. The van der Waals surface area contributed by atoms with Crippen LogP contribution in [0.2, 0.25) is 0 Å². The highest BCUT2D eigenvalue weighted by atomic mass is 79.9. The molecule has 1 aliphatic rings. The molecular formula is C22H18Br2N2O4S. The summed E-state index contributed by atoms with van der Waals surface area (Å²) in [5.74, 6) is -0.135. The molecule has 31 heavy (non-hydrogen) atoms. The summed E-state index contributed by atoms with van der Waals surface area (Å²) in [4.78, 5) is 27.2. The highest BCUT2D eigenvalue weighted by Crippen LogP contribution is 2.37. The molecule has 0 spiro atoms. The first kappa shape index (κ1) is 23.2. The summed E-state index contributed by atoms with van der Waals surface area (Å²) >= 11 is 12.1. The van der Waals surface area contributed by atoms with Gasteiger partial charge in [0, 0.05) is 4.47 Å². The Bertz CT molecular complexity index is 1130. The van der Waals surface area contributed by atoms with Gasteiger partial charge in [-0.05, 0) is 82.6 Å². The van der Waals surface area contributed by atoms with E-state index < -0.39 is 11.8 Å². The Morgan fingerprint density at radius 2 is 1.97 bits per heavy atom. The number of benzene rings is 2. The Labute approximate surface area is 202 Å². The Hall–Kier alpha value is -2.49. The summed E-state index contributed by atoms with van der Waals surface area (Å²) in [5.41, 5.74) is 1.95. The molecule has 0 unspecified atom stereocenters. The maximum atomic E-state index is 13.3. The van der Waals surface area contributed by atoms with E-state index in [1.807, 2.05) is 19.1 Å². The summed E-state index contributed by atoms with van der Waals surface area (Å²) < 4.78 is 12.5. The van der Waals surface area contributed by atoms with E-state index in [2.05, 4.69) is 43.8 Å². The molecule has 0 atom stereocenters. The fourth-order valence-corrected chi connectivity index (χ4v) is 4.34. The topological polar surface area (TPSA) is 67.9 Å². The maximum Gasteiger partial charge on any atom is 0.270 e. The fourth-order valence-electron chi connectivity index (χ4n) is 3.02. The van der Waals surface area contributed by atoms with E-state index >= 15 is 0 Å². The molecule has 0 saturated carbocycles. The van der Waals surface area contributed by atoms with Crippen molar-refractivity contribution in [2.75, 3.05) is 18.6 Å². The molecule has 1 saturated heterocycles. The first-order valence-corrected chi connectivity index (χ1v) is 11.0. The number of aryl methyl sites for hydroxylation is 1. The number of nitrogens with zero attached hydrogens (tertiary/aromatic N) is 1. The van der Waals surface area contributed by atoms with E-state index in [0.29, 0.717) is 33.8 Å². The number of ether oxygens (including phenoxy) is 2. The van der Waals surface area contributed by atoms with E-state index in [-0.39, 0.29) is 10.7 Å². The average Bonchev–Trinajstić information content (AvgIpc) is 2.71. The fraction of sp³-hybridized carbons (Fsp3) is 0.136. The third-order valence-electron chi connectivity index (χ3n) is 4.41. The third-order valence-corrected chi connectivity index (χ3v) is 5.78. The minimum Gasteiger partial charge on any atom is -0.493 e. The van der Waals surface area contributed by atoms with Gasteiger partial charge in [-0.3, -0.25) is 19.8 Å². The van der Waals surface area contributed by atoms with Crippen molar-refractivity contribution in [1.82, 2.24) is 5.32 Å². The Kier molecular flexibility index (Phi) is 7.30. The first-order valence-electron chi connectivity index (χ1n) is 9.05. The number of carbonyl (C=O) groups excluding carboxylic acids is 2. The molecule has 6 nitrogen and oxygen atoms in total. The lowest BCUT2D eigenvalue weighted by Crippen LogP contribution is -2.54. The van der Waals surface area contributed by atoms with Gasteiger partial charge >= 0.3 is 0 Å². The number of hydrogen-bond acceptors (Lipinski definition) is 5. The van der Waals surface area contributed by atoms with Crippen molar-refractivity contribution >= 4 is 72.8 Å². The maximum absolute atomic E-state index is 13.3. The number of rotatable bonds is 6. The number of nitrogens with one attached hydrogen (secondary N) is 1. The molecule has 0 bridgehead atoms. The zero-order valence-electron chi connectivity index (χ0n) is 16.7. The second-order valence-electron chi connectivity index (χ2n) is 6.52. The molecule has 0 aliphatic carbocycles. The molecule has 1 heterocycles. The van der Waals surface area contributed by atoms with Gasteiger partial charge in [0.2, 0.25) is 0 Å². The van der Waals surface area contributed by atoms with Gasteiger partial charge in [-0.1, -0.05) is 28.6 Å². The molecule has 0 radical (unpaired) electrons. The van der Waals surface area contributed by atoms with Gasteiger partial charge in [0.25, 0.3) is 11.8 Å². The van der Waals surface area contributed by atoms with Crippen LogP contribution < -0.4 is 19.7 Å². The number of hydrogen-bond donors (Lipinski definition) is 1. The summed E-state index contributed by atoms with van der Waals surface area (Å²) in [7, 11) is 1.51. The van der Waals surface area contributed by atoms with Gasteiger partial charge in [-0.2, -0.15) is 0 Å². The average molecular weight is 566 g/mol. The van der Waals surface area contributed by atoms with Crippen LogP contribution in [0.25, 0.3) is 6.08 Å². The van der Waals surface area contributed by atoms with Gasteiger partial charge < -0.3 is 9.47 Å². The minimum atomic E-state index is -0.567. The molecule has 160 valence electrons. The standard InChI is InChI=1S/C22H18Br2N2O4S/c1-4-7-30-19-16(24)10-13(11-18(19)29-3)9-15-20(27)25-22(31)26(21(15)28)17-6-5-14(23)8-12(17)2/h4-6,8-11H,1,7H2,2-3H3,(H,25,27,31)/b15-9+. The van der Waals surface area contributed by atoms with Crippen molar-refractivity contribution in [2.45, 2.75) is 6.92 Å². The lowest BCUT2D eigenvalue weighted by molar-refractivity contribution is -0.122. The van der Waals surface area contributed by atoms with Gasteiger partial charge in [0.15, 0.2) is 16.6 Å². The Balaban J connectivity index is 2.04. The molecule has 3 rings (SSSR count). The number of amides is 2. The predicted molar refractivity (Wildman–Crippen MR) is 131 cm³/mol. The lowest BCUT2D eigenvalue weighted by Gasteiger charge is -2.30. The first-order chi connectivity index (χ1) is 14.8. The van der Waals surface area contributed by atoms with Crippen molar-refractivity contribution in [3.8, 4) is 11.5 Å². The third kappa shape index (κ3) is 4.89. The Morgan fingerprint density at radius 3 is 2.61 bits per heavy atom. The zero-order chi connectivity index (χ0) is 22.7. The molecule has 2 aromatic carbocycles. The van der Waals surface area contributed by atoms with Gasteiger partial charge in [0.1, 0.15) is 12.2 Å². The predicted octanol–water partition coefficient (Wildman–Crippen LogP) is 4.92. The summed E-state index contributed by atoms with van der Waals surface area (Å²) in [6, 6.07) is 8.86. The quantitative estimate of drug-likeness (QED) is 0.233. The van der Waals surface area contributed by atoms with Gasteiger partial charge in [-0.25, -0.2) is 0 Å². The molecule has 1 fully saturated rings. The highest BCUT2D eigenvalue weighted by Gasteiger charge is 2.35. The van der Waals surface area contributed by atoms with Crippen LogP contribution in [0.15, 0.2) is 57.5 Å². The van der Waals surface area contributed by atoms with Crippen molar-refractivity contribution in [1.29, 1.82) is 0 Å². The number of anilines is 1. The molecule has 0 aromatic heterocycles. The molecule has 1 aliphatic heterocycles. The number of halogens is 2. The van der Waals surface area contributed by atoms with Crippen molar-refractivity contribution < 1.29 is 19.1 Å². The van der Waals surface area contributed by atoms with Crippen molar-refractivity contribution in [2.24, 2.45) is 0 Å². The van der Waals surface area contributed by atoms with Crippen LogP contribution in [-0.4, -0.2) is 30.6 Å². The Morgan fingerprint density at radius 1 is 1.23 bits per heavy atom. The van der Waals surface area contributed by atoms with Crippen LogP contribution in [0, 0.1) is 6.92 Å². The van der Waals surface area contributed by atoms with Gasteiger partial charge in [-0.15, -0.1) is 0 Å². The monoisotopic (exact) mass is 564 g/mol. The van der Waals surface area contributed by atoms with Crippen LogP contribution in [0.1, 0.15) is 11.1 Å². The normalized spacial score (nSPS) is 15.2. The van der Waals surface area contributed by atoms with Crippen molar-refractivity contribution in [3.05, 3.63) is 68.6 Å². The molecule has 2 amide bonds. The molecule has 2 aromatic rings. The van der Waals surface area contributed by atoms with Crippen LogP contribution in [0.3, 0.4) is 0 Å². The summed E-state index contributed by atoms with van der Waals surface area (Å²) in [6.45, 7) is 5.79. The SMILES string of the molecule is C=CCOc1c(Br)cc(/C=C2\C(=O)NC(=S)N(c3ccc(Br)cc3C)C2=O)cc1OC. The van der Waals surface area contributed by atoms with E-state index in [4.69, 9.17) is 21.7 Å². The van der Waals surface area contributed by atoms with Crippen LogP contribution in [0.4, 0.5) is 5.69 Å². The zero-order valence-corrected chi connectivity index (χ0v) is 20.7. The highest BCUT2D eigenvalue weighted by molar-refractivity contribution is 9.10. The van der Waals surface area contributed by atoms with Gasteiger partial charge in [0.05, 0.1) is 17.3 Å². The van der Waals surface area contributed by atoms with E-state index in [1.165, 1.54) is 18.1 Å². The van der Waals surface area contributed by atoms with Crippen LogP contribution in [0.5, 0.6) is 11.5 Å².